The van der Waals surface area contributed by atoms with Crippen LogP contribution in [-0.4, -0.2) is 39.4 Å². The summed E-state index contributed by atoms with van der Waals surface area (Å²) < 4.78 is 38.1. The van der Waals surface area contributed by atoms with Gasteiger partial charge in [-0.25, -0.2) is 4.98 Å². The number of carbonyl (C=O) groups excluding carboxylic acids is 1. The molecule has 2 rings (SSSR count). The van der Waals surface area contributed by atoms with Gasteiger partial charge in [0.2, 0.25) is 0 Å². The van der Waals surface area contributed by atoms with Crippen LogP contribution < -0.4 is 4.90 Å². The van der Waals surface area contributed by atoms with Crippen molar-refractivity contribution in [2.45, 2.75) is 11.3 Å². The molecule has 0 saturated carbocycles. The Morgan fingerprint density at radius 2 is 2.14 bits per heavy atom. The molecule has 2 aromatic rings. The maximum absolute atomic E-state index is 12.4. The highest BCUT2D eigenvalue weighted by molar-refractivity contribution is 7.99. The number of carbonyl (C=O) groups is 1. The summed E-state index contributed by atoms with van der Waals surface area (Å²) in [5.41, 5.74) is 0.786. The molecule has 0 aromatic carbocycles. The van der Waals surface area contributed by atoms with E-state index in [2.05, 4.69) is 9.97 Å². The Kier molecular flexibility index (Phi) is 4.74. The van der Waals surface area contributed by atoms with Crippen LogP contribution in [0.5, 0.6) is 0 Å². The van der Waals surface area contributed by atoms with E-state index in [0.29, 0.717) is 17.4 Å². The molecule has 0 bridgehead atoms. The van der Waals surface area contributed by atoms with Crippen molar-refractivity contribution < 1.29 is 18.0 Å². The van der Waals surface area contributed by atoms with E-state index in [1.165, 1.54) is 28.9 Å². The molecule has 0 aliphatic heterocycles. The molecule has 0 aliphatic carbocycles. The molecule has 0 atom stereocenters. The molecule has 0 radical (unpaired) electrons. The zero-order chi connectivity index (χ0) is 16.3. The molecule has 2 aromatic heterocycles. The molecule has 0 saturated heterocycles. The number of halogens is 3. The van der Waals surface area contributed by atoms with Gasteiger partial charge in [0.15, 0.2) is 5.16 Å². The number of hydrogen-bond acceptors (Lipinski definition) is 4. The van der Waals surface area contributed by atoms with Gasteiger partial charge in [0, 0.05) is 20.3 Å². The SMILES string of the molecule is CN(C(=O)c1cnc(SCC(F)(F)F)n1C)c1cccnc1. The smallest absolute Gasteiger partial charge is 0.318 e. The van der Waals surface area contributed by atoms with Crippen molar-refractivity contribution in [1.82, 2.24) is 14.5 Å². The standard InChI is InChI=1S/C13H13F3N4OS/c1-19(9-4-3-5-17-6-9)11(21)10-7-18-12(20(10)2)22-8-13(14,15)16/h3-7H,8H2,1-2H3. The summed E-state index contributed by atoms with van der Waals surface area (Å²) in [5.74, 6) is -1.42. The van der Waals surface area contributed by atoms with Crippen LogP contribution in [-0.2, 0) is 7.05 Å². The first kappa shape index (κ1) is 16.3. The fraction of sp³-hybridized carbons (Fsp3) is 0.308. The molecule has 0 N–H and O–H groups in total. The second kappa shape index (κ2) is 6.39. The normalized spacial score (nSPS) is 11.5. The second-order valence-electron chi connectivity index (χ2n) is 4.46. The van der Waals surface area contributed by atoms with E-state index in [1.54, 1.807) is 25.4 Å². The number of amides is 1. The van der Waals surface area contributed by atoms with Crippen molar-refractivity contribution in [3.05, 3.63) is 36.4 Å². The number of hydrogen-bond donors (Lipinski definition) is 0. The average Bonchev–Trinajstić information content (AvgIpc) is 2.85. The van der Waals surface area contributed by atoms with Crippen molar-refractivity contribution in [3.63, 3.8) is 0 Å². The minimum atomic E-state index is -4.28. The van der Waals surface area contributed by atoms with E-state index in [4.69, 9.17) is 0 Å². The third-order valence-corrected chi connectivity index (χ3v) is 3.98. The number of thioether (sulfide) groups is 1. The molecule has 2 heterocycles. The monoisotopic (exact) mass is 330 g/mol. The van der Waals surface area contributed by atoms with Gasteiger partial charge in [-0.05, 0) is 12.1 Å². The van der Waals surface area contributed by atoms with Crippen molar-refractivity contribution in [1.29, 1.82) is 0 Å². The van der Waals surface area contributed by atoms with Crippen molar-refractivity contribution >= 4 is 23.4 Å². The van der Waals surface area contributed by atoms with Gasteiger partial charge in [-0.3, -0.25) is 9.78 Å². The summed E-state index contributed by atoms with van der Waals surface area (Å²) in [6.45, 7) is 0. The van der Waals surface area contributed by atoms with Crippen LogP contribution in [0.2, 0.25) is 0 Å². The summed E-state index contributed by atoms with van der Waals surface area (Å²) in [4.78, 5) is 21.5. The Balaban J connectivity index is 2.16. The predicted molar refractivity (Wildman–Crippen MR) is 77.0 cm³/mol. The molecule has 22 heavy (non-hydrogen) atoms. The number of imidazole rings is 1. The highest BCUT2D eigenvalue weighted by Gasteiger charge is 2.29. The quantitative estimate of drug-likeness (QED) is 0.809. The number of alkyl halides is 3. The van der Waals surface area contributed by atoms with Crippen LogP contribution in [0.1, 0.15) is 10.5 Å². The predicted octanol–water partition coefficient (Wildman–Crippen LogP) is 2.75. The van der Waals surface area contributed by atoms with Crippen molar-refractivity contribution in [2.24, 2.45) is 7.05 Å². The van der Waals surface area contributed by atoms with Crippen LogP contribution in [0.15, 0.2) is 35.9 Å². The first-order valence-electron chi connectivity index (χ1n) is 6.19. The van der Waals surface area contributed by atoms with E-state index in [1.807, 2.05) is 0 Å². The first-order chi connectivity index (χ1) is 10.3. The largest absolute Gasteiger partial charge is 0.398 e. The van der Waals surface area contributed by atoms with Gasteiger partial charge in [0.25, 0.3) is 5.91 Å². The second-order valence-corrected chi connectivity index (χ2v) is 5.41. The molecule has 0 fully saturated rings. The topological polar surface area (TPSA) is 51.0 Å². The van der Waals surface area contributed by atoms with Crippen molar-refractivity contribution in [3.8, 4) is 0 Å². The zero-order valence-corrected chi connectivity index (χ0v) is 12.6. The summed E-state index contributed by atoms with van der Waals surface area (Å²) in [5, 5.41) is 0.139. The van der Waals surface area contributed by atoms with Gasteiger partial charge >= 0.3 is 6.18 Å². The maximum atomic E-state index is 12.4. The highest BCUT2D eigenvalue weighted by Crippen LogP contribution is 2.27. The van der Waals surface area contributed by atoms with E-state index in [0.717, 1.165) is 0 Å². The Hall–Kier alpha value is -2.03. The van der Waals surface area contributed by atoms with Crippen molar-refractivity contribution in [2.75, 3.05) is 17.7 Å². The van der Waals surface area contributed by atoms with Crippen LogP contribution in [0.25, 0.3) is 0 Å². The third-order valence-electron chi connectivity index (χ3n) is 2.87. The number of rotatable bonds is 4. The van der Waals surface area contributed by atoms with Crippen LogP contribution in [0.3, 0.4) is 0 Å². The third kappa shape index (κ3) is 3.79. The fourth-order valence-electron chi connectivity index (χ4n) is 1.71. The fourth-order valence-corrected chi connectivity index (χ4v) is 2.42. The Morgan fingerprint density at radius 3 is 2.73 bits per heavy atom. The molecule has 9 heteroatoms. The summed E-state index contributed by atoms with van der Waals surface area (Å²) >= 11 is 0.544. The first-order valence-corrected chi connectivity index (χ1v) is 7.17. The number of anilines is 1. The minimum Gasteiger partial charge on any atom is -0.318 e. The number of aromatic nitrogens is 3. The zero-order valence-electron chi connectivity index (χ0n) is 11.8. The van der Waals surface area contributed by atoms with Gasteiger partial charge < -0.3 is 9.47 Å². The van der Waals surface area contributed by atoms with Gasteiger partial charge in [0.05, 0.1) is 23.8 Å². The van der Waals surface area contributed by atoms with Crippen LogP contribution >= 0.6 is 11.8 Å². The number of nitrogens with zero attached hydrogens (tertiary/aromatic N) is 4. The Labute approximate surface area is 129 Å². The lowest BCUT2D eigenvalue weighted by Gasteiger charge is -2.17. The maximum Gasteiger partial charge on any atom is 0.398 e. The summed E-state index contributed by atoms with van der Waals surface area (Å²) in [6.07, 6.45) is 0.0898. The Bertz CT molecular complexity index is 657. The number of pyridine rings is 1. The van der Waals surface area contributed by atoms with Crippen LogP contribution in [0, 0.1) is 0 Å². The van der Waals surface area contributed by atoms with E-state index >= 15 is 0 Å². The molecular formula is C13H13F3N4OS. The molecule has 1 amide bonds. The van der Waals surface area contributed by atoms with Crippen LogP contribution in [0.4, 0.5) is 18.9 Å². The summed E-state index contributed by atoms with van der Waals surface area (Å²) in [6, 6.07) is 3.40. The molecule has 0 spiro atoms. The van der Waals surface area contributed by atoms with Gasteiger partial charge in [0.1, 0.15) is 5.69 Å². The van der Waals surface area contributed by atoms with E-state index in [9.17, 15) is 18.0 Å². The Morgan fingerprint density at radius 1 is 1.41 bits per heavy atom. The minimum absolute atomic E-state index is 0.139. The average molecular weight is 330 g/mol. The highest BCUT2D eigenvalue weighted by atomic mass is 32.2. The molecule has 0 unspecified atom stereocenters. The molecule has 118 valence electrons. The van der Waals surface area contributed by atoms with Gasteiger partial charge in [-0.15, -0.1) is 0 Å². The molecule has 0 aliphatic rings. The summed E-state index contributed by atoms with van der Waals surface area (Å²) in [7, 11) is 3.07. The molecule has 5 nitrogen and oxygen atoms in total. The van der Waals surface area contributed by atoms with E-state index < -0.39 is 11.9 Å². The molecular weight excluding hydrogens is 317 g/mol. The van der Waals surface area contributed by atoms with E-state index in [-0.39, 0.29) is 16.8 Å². The van der Waals surface area contributed by atoms with Gasteiger partial charge in [-0.2, -0.15) is 13.2 Å². The van der Waals surface area contributed by atoms with Gasteiger partial charge in [-0.1, -0.05) is 11.8 Å². The lowest BCUT2D eigenvalue weighted by atomic mass is 10.3. The lowest BCUT2D eigenvalue weighted by molar-refractivity contribution is -0.105. The lowest BCUT2D eigenvalue weighted by Crippen LogP contribution is -2.28.